The van der Waals surface area contributed by atoms with Crippen LogP contribution in [0.5, 0.6) is 0 Å². The molecule has 0 aliphatic heterocycles. The number of hydrogen-bond donors (Lipinski definition) is 5. The normalized spacial score (nSPS) is 23.2. The second-order valence-corrected chi connectivity index (χ2v) is 6.38. The quantitative estimate of drug-likeness (QED) is 0.437. The van der Waals surface area contributed by atoms with E-state index < -0.39 is 35.5 Å². The van der Waals surface area contributed by atoms with E-state index in [4.69, 9.17) is 35.4 Å². The molecule has 0 aromatic heterocycles. The predicted octanol–water partition coefficient (Wildman–Crippen LogP) is 0.247. The molecule has 6 N–H and O–H groups in total. The van der Waals surface area contributed by atoms with E-state index in [0.29, 0.717) is 19.3 Å². The summed E-state index contributed by atoms with van der Waals surface area (Å²) in [7, 11) is 0. The molecule has 138 valence electrons. The Balaban J connectivity index is 0.000000754. The zero-order chi connectivity index (χ0) is 19.1. The molecule has 1 fully saturated rings. The summed E-state index contributed by atoms with van der Waals surface area (Å²) in [5.41, 5.74) is 5.32. The first-order chi connectivity index (χ1) is 10.8. The number of carbonyl (C=O) groups is 4. The molecule has 10 nitrogen and oxygen atoms in total. The van der Waals surface area contributed by atoms with Crippen molar-refractivity contribution >= 4 is 24.0 Å². The van der Waals surface area contributed by atoms with E-state index in [1.807, 2.05) is 0 Å². The van der Waals surface area contributed by atoms with Gasteiger partial charge in [-0.3, -0.25) is 4.79 Å². The van der Waals surface area contributed by atoms with Gasteiger partial charge in [0.1, 0.15) is 5.60 Å². The first-order valence-corrected chi connectivity index (χ1v) is 7.27. The first-order valence-electron chi connectivity index (χ1n) is 7.27. The number of alkyl carbamates (subject to hydrolysis) is 1. The second-order valence-electron chi connectivity index (χ2n) is 6.38. The van der Waals surface area contributed by atoms with Gasteiger partial charge < -0.3 is 31.1 Å². The lowest BCUT2D eigenvalue weighted by Crippen LogP contribution is -2.52. The molecular formula is C14H24N2O8. The molecule has 0 unspecified atom stereocenters. The molecule has 0 spiro atoms. The number of aliphatic carboxylic acids is 3. The third-order valence-electron chi connectivity index (χ3n) is 3.14. The van der Waals surface area contributed by atoms with Crippen molar-refractivity contribution in [2.75, 3.05) is 0 Å². The van der Waals surface area contributed by atoms with Crippen molar-refractivity contribution in [1.82, 2.24) is 5.32 Å². The number of carboxylic acid groups (broad SMARTS) is 3. The molecule has 0 radical (unpaired) electrons. The molecule has 1 amide bonds. The maximum Gasteiger partial charge on any atom is 0.414 e. The average Bonchev–Trinajstić information content (AvgIpc) is 2.39. The van der Waals surface area contributed by atoms with E-state index in [-0.39, 0.29) is 12.1 Å². The van der Waals surface area contributed by atoms with Crippen molar-refractivity contribution in [1.29, 1.82) is 0 Å². The Hall–Kier alpha value is -2.36. The van der Waals surface area contributed by atoms with Crippen LogP contribution in [0, 0.1) is 5.92 Å². The van der Waals surface area contributed by atoms with E-state index >= 15 is 0 Å². The van der Waals surface area contributed by atoms with Crippen molar-refractivity contribution < 1.29 is 39.2 Å². The highest BCUT2D eigenvalue weighted by molar-refractivity contribution is 6.27. The van der Waals surface area contributed by atoms with E-state index in [0.717, 1.165) is 0 Å². The van der Waals surface area contributed by atoms with Crippen LogP contribution < -0.4 is 11.1 Å². The topological polar surface area (TPSA) is 176 Å². The molecular weight excluding hydrogens is 324 g/mol. The Bertz CT molecular complexity index is 474. The number of hydrogen-bond acceptors (Lipinski definition) is 6. The second kappa shape index (κ2) is 9.06. The van der Waals surface area contributed by atoms with Gasteiger partial charge >= 0.3 is 24.0 Å². The highest BCUT2D eigenvalue weighted by atomic mass is 16.6. The van der Waals surface area contributed by atoms with Crippen LogP contribution in [0.1, 0.15) is 40.0 Å². The van der Waals surface area contributed by atoms with Gasteiger partial charge in [0.25, 0.3) is 0 Å². The van der Waals surface area contributed by atoms with E-state index in [9.17, 15) is 9.59 Å². The Morgan fingerprint density at radius 1 is 1.04 bits per heavy atom. The first kappa shape index (κ1) is 21.6. The maximum atomic E-state index is 11.6. The zero-order valence-electron chi connectivity index (χ0n) is 13.8. The minimum Gasteiger partial charge on any atom is -0.481 e. The lowest BCUT2D eigenvalue weighted by molar-refractivity contribution is -0.159. The fraction of sp³-hybridized carbons (Fsp3) is 0.714. The number of carbonyl (C=O) groups excluding carboxylic acids is 1. The molecule has 24 heavy (non-hydrogen) atoms. The molecule has 0 heterocycles. The van der Waals surface area contributed by atoms with Crippen LogP contribution in [0.2, 0.25) is 0 Å². The fourth-order valence-corrected chi connectivity index (χ4v) is 2.04. The maximum absolute atomic E-state index is 11.6. The van der Waals surface area contributed by atoms with Gasteiger partial charge in [-0.25, -0.2) is 14.4 Å². The molecule has 1 aliphatic carbocycles. The SMILES string of the molecule is CC(C)(C)OC(=O)N[C@@H]1C[C@@H](C(=O)O)CC[C@@H]1N.O=C(O)C(=O)O. The van der Waals surface area contributed by atoms with Crippen LogP contribution in [-0.4, -0.2) is 57.0 Å². The van der Waals surface area contributed by atoms with Gasteiger partial charge in [-0.1, -0.05) is 0 Å². The smallest absolute Gasteiger partial charge is 0.414 e. The monoisotopic (exact) mass is 348 g/mol. The largest absolute Gasteiger partial charge is 0.481 e. The standard InChI is InChI=1S/C12H22N2O4.C2H2O4/c1-12(2,3)18-11(17)14-9-6-7(10(15)16)4-5-8(9)13;3-1(4)2(5)6/h7-9H,4-6,13H2,1-3H3,(H,14,17)(H,15,16);(H,3,4)(H,5,6)/t7-,8-,9+;/m0./s1. The summed E-state index contributed by atoms with van der Waals surface area (Å²) in [6.45, 7) is 5.31. The molecule has 1 rings (SSSR count). The van der Waals surface area contributed by atoms with Crippen molar-refractivity contribution in [2.24, 2.45) is 11.7 Å². The molecule has 0 aromatic rings. The van der Waals surface area contributed by atoms with Crippen LogP contribution in [0.4, 0.5) is 4.79 Å². The fourth-order valence-electron chi connectivity index (χ4n) is 2.04. The summed E-state index contributed by atoms with van der Waals surface area (Å²) in [5.74, 6) is -4.92. The molecule has 10 heteroatoms. The van der Waals surface area contributed by atoms with Crippen LogP contribution in [0.15, 0.2) is 0 Å². The summed E-state index contributed by atoms with van der Waals surface area (Å²) in [6.07, 6.45) is 0.963. The van der Waals surface area contributed by atoms with Gasteiger partial charge in [0.05, 0.1) is 5.92 Å². The van der Waals surface area contributed by atoms with Crippen LogP contribution in [0.25, 0.3) is 0 Å². The lowest BCUT2D eigenvalue weighted by Gasteiger charge is -2.33. The zero-order valence-corrected chi connectivity index (χ0v) is 13.8. The molecule has 0 bridgehead atoms. The van der Waals surface area contributed by atoms with Gasteiger partial charge in [-0.15, -0.1) is 0 Å². The van der Waals surface area contributed by atoms with Gasteiger partial charge in [0, 0.05) is 12.1 Å². The molecule has 0 aromatic carbocycles. The van der Waals surface area contributed by atoms with Gasteiger partial charge in [0.15, 0.2) is 0 Å². The van der Waals surface area contributed by atoms with Crippen molar-refractivity contribution in [3.8, 4) is 0 Å². The Labute approximate surface area is 139 Å². The summed E-state index contributed by atoms with van der Waals surface area (Å²) >= 11 is 0. The van der Waals surface area contributed by atoms with Crippen molar-refractivity contribution in [3.63, 3.8) is 0 Å². The summed E-state index contributed by atoms with van der Waals surface area (Å²) in [4.78, 5) is 40.7. The molecule has 1 saturated carbocycles. The Morgan fingerprint density at radius 2 is 1.54 bits per heavy atom. The summed E-state index contributed by atoms with van der Waals surface area (Å²) < 4.78 is 5.13. The number of carboxylic acids is 3. The van der Waals surface area contributed by atoms with Gasteiger partial charge in [0.2, 0.25) is 0 Å². The molecule has 3 atom stereocenters. The highest BCUT2D eigenvalue weighted by Crippen LogP contribution is 2.24. The van der Waals surface area contributed by atoms with E-state index in [1.54, 1.807) is 20.8 Å². The highest BCUT2D eigenvalue weighted by Gasteiger charge is 2.33. The van der Waals surface area contributed by atoms with E-state index in [2.05, 4.69) is 5.32 Å². The Kier molecular flexibility index (Phi) is 8.17. The van der Waals surface area contributed by atoms with Gasteiger partial charge in [-0.05, 0) is 40.0 Å². The minimum atomic E-state index is -1.82. The third kappa shape index (κ3) is 8.93. The number of nitrogens with one attached hydrogen (secondary N) is 1. The Morgan fingerprint density at radius 3 is 1.92 bits per heavy atom. The lowest BCUT2D eigenvalue weighted by atomic mass is 9.83. The summed E-state index contributed by atoms with van der Waals surface area (Å²) in [5, 5.41) is 26.4. The number of nitrogens with two attached hydrogens (primary N) is 1. The third-order valence-corrected chi connectivity index (χ3v) is 3.14. The summed E-state index contributed by atoms with van der Waals surface area (Å²) in [6, 6.07) is -0.553. The minimum absolute atomic E-state index is 0.215. The van der Waals surface area contributed by atoms with Crippen molar-refractivity contribution in [2.45, 2.75) is 57.7 Å². The predicted molar refractivity (Wildman–Crippen MR) is 81.4 cm³/mol. The molecule has 0 saturated heterocycles. The van der Waals surface area contributed by atoms with E-state index in [1.165, 1.54) is 0 Å². The van der Waals surface area contributed by atoms with Crippen LogP contribution in [-0.2, 0) is 19.1 Å². The van der Waals surface area contributed by atoms with Crippen molar-refractivity contribution in [3.05, 3.63) is 0 Å². The van der Waals surface area contributed by atoms with Crippen LogP contribution >= 0.6 is 0 Å². The average molecular weight is 348 g/mol. The molecule has 1 aliphatic rings. The van der Waals surface area contributed by atoms with Crippen LogP contribution in [0.3, 0.4) is 0 Å². The van der Waals surface area contributed by atoms with Gasteiger partial charge in [-0.2, -0.15) is 0 Å². The number of amides is 1. The number of ether oxygens (including phenoxy) is 1. The number of rotatable bonds is 2.